The van der Waals surface area contributed by atoms with Crippen LogP contribution in [0.25, 0.3) is 10.8 Å². The Morgan fingerprint density at radius 1 is 0.577 bits per heavy atom. The zero-order valence-corrected chi connectivity index (χ0v) is 15.2. The Morgan fingerprint density at radius 2 is 1.15 bits per heavy atom. The highest BCUT2D eigenvalue weighted by molar-refractivity contribution is 5.85. The second-order valence-electron chi connectivity index (χ2n) is 6.17. The minimum absolute atomic E-state index is 0.0187. The van der Waals surface area contributed by atoms with Gasteiger partial charge in [0.05, 0.1) is 59.0 Å². The van der Waals surface area contributed by atoms with Crippen LogP contribution in [-0.4, -0.2) is 59.5 Å². The van der Waals surface area contributed by atoms with Gasteiger partial charge in [-0.25, -0.2) is 0 Å². The molecule has 5 heteroatoms. The summed E-state index contributed by atoms with van der Waals surface area (Å²) in [5.41, 5.74) is 1.20. The summed E-state index contributed by atoms with van der Waals surface area (Å²) in [5.74, 6) is 0. The second-order valence-corrected chi connectivity index (χ2v) is 6.17. The topological polar surface area (TPSA) is 46.2 Å². The van der Waals surface area contributed by atoms with Crippen molar-refractivity contribution >= 4 is 10.8 Å². The second kappa shape index (κ2) is 11.3. The smallest absolute Gasteiger partial charge is 0.0854 e. The molecular formula is C21H28O5. The number of ether oxygens (including phenoxy) is 5. The van der Waals surface area contributed by atoms with Crippen molar-refractivity contribution in [2.24, 2.45) is 0 Å². The molecular weight excluding hydrogens is 332 g/mol. The minimum Gasteiger partial charge on any atom is -0.379 e. The Bertz CT molecular complexity index is 624. The van der Waals surface area contributed by atoms with Crippen molar-refractivity contribution in [3.05, 3.63) is 48.0 Å². The summed E-state index contributed by atoms with van der Waals surface area (Å²) in [4.78, 5) is 0. The van der Waals surface area contributed by atoms with Crippen LogP contribution < -0.4 is 0 Å². The maximum absolute atomic E-state index is 6.16. The van der Waals surface area contributed by atoms with E-state index in [1.54, 1.807) is 0 Å². The van der Waals surface area contributed by atoms with Crippen LogP contribution in [-0.2, 0) is 23.7 Å². The van der Waals surface area contributed by atoms with Gasteiger partial charge in [-0.3, -0.25) is 0 Å². The SMILES string of the molecule is c1ccc2c(C3CCOCCOCCOCCOCCO3)cccc2c1. The zero-order chi connectivity index (χ0) is 17.9. The molecule has 0 amide bonds. The maximum atomic E-state index is 6.16. The minimum atomic E-state index is -0.0187. The van der Waals surface area contributed by atoms with Crippen LogP contribution in [0, 0.1) is 0 Å². The third kappa shape index (κ3) is 6.04. The molecule has 1 atom stereocenters. The summed E-state index contributed by atoms with van der Waals surface area (Å²) in [7, 11) is 0. The fourth-order valence-electron chi connectivity index (χ4n) is 3.06. The lowest BCUT2D eigenvalue weighted by Crippen LogP contribution is -2.17. The van der Waals surface area contributed by atoms with Crippen molar-refractivity contribution in [2.45, 2.75) is 12.5 Å². The summed E-state index contributed by atoms with van der Waals surface area (Å²) in [6.07, 6.45) is 0.784. The van der Waals surface area contributed by atoms with E-state index >= 15 is 0 Å². The van der Waals surface area contributed by atoms with E-state index in [-0.39, 0.29) is 6.10 Å². The molecule has 1 saturated heterocycles. The van der Waals surface area contributed by atoms with E-state index in [0.29, 0.717) is 59.5 Å². The van der Waals surface area contributed by atoms with Crippen molar-refractivity contribution < 1.29 is 23.7 Å². The molecule has 0 aromatic heterocycles. The highest BCUT2D eigenvalue weighted by Crippen LogP contribution is 2.29. The monoisotopic (exact) mass is 360 g/mol. The van der Waals surface area contributed by atoms with Crippen molar-refractivity contribution in [2.75, 3.05) is 59.5 Å². The maximum Gasteiger partial charge on any atom is 0.0854 e. The molecule has 142 valence electrons. The van der Waals surface area contributed by atoms with Crippen molar-refractivity contribution in [1.82, 2.24) is 0 Å². The molecule has 1 unspecified atom stereocenters. The summed E-state index contributed by atoms with van der Waals surface area (Å²) in [6, 6.07) is 14.8. The van der Waals surface area contributed by atoms with Gasteiger partial charge < -0.3 is 23.7 Å². The third-order valence-corrected chi connectivity index (χ3v) is 4.36. The Labute approximate surface area is 155 Å². The standard InChI is InChI=1S/C21H28O5/c1-2-6-19-18(4-1)5-3-7-20(19)21-8-9-22-10-11-23-12-13-24-14-15-25-16-17-26-21/h1-7,21H,8-17H2. The lowest BCUT2D eigenvalue weighted by atomic mass is 9.99. The normalized spacial score (nSPS) is 22.2. The van der Waals surface area contributed by atoms with E-state index in [1.807, 2.05) is 0 Å². The van der Waals surface area contributed by atoms with Gasteiger partial charge >= 0.3 is 0 Å². The highest BCUT2D eigenvalue weighted by atomic mass is 16.6. The van der Waals surface area contributed by atoms with Crippen molar-refractivity contribution in [3.63, 3.8) is 0 Å². The fraction of sp³-hybridized carbons (Fsp3) is 0.524. The number of hydrogen-bond donors (Lipinski definition) is 0. The van der Waals surface area contributed by atoms with Crippen LogP contribution in [0.5, 0.6) is 0 Å². The van der Waals surface area contributed by atoms with Crippen molar-refractivity contribution in [1.29, 1.82) is 0 Å². The molecule has 5 nitrogen and oxygen atoms in total. The third-order valence-electron chi connectivity index (χ3n) is 4.36. The van der Waals surface area contributed by atoms with Crippen LogP contribution in [0.3, 0.4) is 0 Å². The van der Waals surface area contributed by atoms with E-state index < -0.39 is 0 Å². The molecule has 0 spiro atoms. The number of rotatable bonds is 1. The van der Waals surface area contributed by atoms with Crippen LogP contribution in [0.15, 0.2) is 42.5 Å². The first kappa shape index (κ1) is 19.3. The summed E-state index contributed by atoms with van der Waals surface area (Å²) < 4.78 is 28.4. The average molecular weight is 360 g/mol. The molecule has 0 N–H and O–H groups in total. The van der Waals surface area contributed by atoms with Gasteiger partial charge in [0.15, 0.2) is 0 Å². The predicted octanol–water partition coefficient (Wildman–Crippen LogP) is 3.37. The molecule has 0 aliphatic carbocycles. The van der Waals surface area contributed by atoms with Gasteiger partial charge in [-0.05, 0) is 16.3 Å². The summed E-state index contributed by atoms with van der Waals surface area (Å²) in [5, 5.41) is 2.45. The Hall–Kier alpha value is -1.50. The van der Waals surface area contributed by atoms with E-state index in [0.717, 1.165) is 6.42 Å². The van der Waals surface area contributed by atoms with Gasteiger partial charge in [-0.1, -0.05) is 42.5 Å². The number of hydrogen-bond acceptors (Lipinski definition) is 5. The van der Waals surface area contributed by atoms with Gasteiger partial charge in [0.25, 0.3) is 0 Å². The lowest BCUT2D eigenvalue weighted by Gasteiger charge is -2.20. The van der Waals surface area contributed by atoms with Crippen LogP contribution in [0.2, 0.25) is 0 Å². The van der Waals surface area contributed by atoms with Gasteiger partial charge in [0.2, 0.25) is 0 Å². The van der Waals surface area contributed by atoms with E-state index in [9.17, 15) is 0 Å². The Morgan fingerprint density at radius 3 is 1.88 bits per heavy atom. The molecule has 1 aliphatic heterocycles. The molecule has 0 saturated carbocycles. The van der Waals surface area contributed by atoms with Crippen LogP contribution >= 0.6 is 0 Å². The summed E-state index contributed by atoms with van der Waals surface area (Å²) >= 11 is 0. The molecule has 0 radical (unpaired) electrons. The molecule has 3 rings (SSSR count). The number of fused-ring (bicyclic) bond motifs is 1. The molecule has 26 heavy (non-hydrogen) atoms. The van der Waals surface area contributed by atoms with Crippen LogP contribution in [0.4, 0.5) is 0 Å². The summed E-state index contributed by atoms with van der Waals surface area (Å²) in [6.45, 7) is 5.24. The van der Waals surface area contributed by atoms with Crippen molar-refractivity contribution in [3.8, 4) is 0 Å². The van der Waals surface area contributed by atoms with E-state index in [4.69, 9.17) is 23.7 Å². The highest BCUT2D eigenvalue weighted by Gasteiger charge is 2.15. The lowest BCUT2D eigenvalue weighted by molar-refractivity contribution is -0.0409. The fourth-order valence-corrected chi connectivity index (χ4v) is 3.06. The molecule has 1 fully saturated rings. The first-order valence-corrected chi connectivity index (χ1v) is 9.35. The predicted molar refractivity (Wildman–Crippen MR) is 101 cm³/mol. The Balaban J connectivity index is 1.65. The van der Waals surface area contributed by atoms with E-state index in [1.165, 1.54) is 16.3 Å². The Kier molecular flexibility index (Phi) is 8.35. The van der Waals surface area contributed by atoms with Gasteiger partial charge in [0.1, 0.15) is 0 Å². The van der Waals surface area contributed by atoms with Gasteiger partial charge in [-0.2, -0.15) is 0 Å². The molecule has 2 aromatic carbocycles. The van der Waals surface area contributed by atoms with Gasteiger partial charge in [-0.15, -0.1) is 0 Å². The molecule has 0 bridgehead atoms. The average Bonchev–Trinajstić information content (AvgIpc) is 2.68. The van der Waals surface area contributed by atoms with Gasteiger partial charge in [0, 0.05) is 13.0 Å². The van der Waals surface area contributed by atoms with E-state index in [2.05, 4.69) is 42.5 Å². The largest absolute Gasteiger partial charge is 0.379 e. The molecule has 1 aliphatic rings. The first-order chi connectivity index (χ1) is 12.9. The van der Waals surface area contributed by atoms with Crippen LogP contribution in [0.1, 0.15) is 18.1 Å². The molecule has 1 heterocycles. The quantitative estimate of drug-likeness (QED) is 0.780. The molecule has 2 aromatic rings. The number of benzene rings is 2. The first-order valence-electron chi connectivity index (χ1n) is 9.35. The zero-order valence-electron chi connectivity index (χ0n) is 15.2.